The summed E-state index contributed by atoms with van der Waals surface area (Å²) in [6, 6.07) is 5.01. The van der Waals surface area contributed by atoms with Gasteiger partial charge < -0.3 is 15.2 Å². The molecule has 1 rings (SSSR count). The van der Waals surface area contributed by atoms with Crippen molar-refractivity contribution in [2.75, 3.05) is 0 Å². The number of amides is 1. The van der Waals surface area contributed by atoms with Crippen molar-refractivity contribution in [2.45, 2.75) is 45.3 Å². The summed E-state index contributed by atoms with van der Waals surface area (Å²) in [7, 11) is 0. The van der Waals surface area contributed by atoms with Crippen LogP contribution in [0, 0.1) is 5.82 Å². The smallest absolute Gasteiger partial charge is 0.408 e. The van der Waals surface area contributed by atoms with E-state index in [1.807, 2.05) is 0 Å². The highest BCUT2D eigenvalue weighted by molar-refractivity contribution is 5.69. The highest BCUT2D eigenvalue weighted by atomic mass is 19.1. The third-order valence-electron chi connectivity index (χ3n) is 2.61. The van der Waals surface area contributed by atoms with Crippen molar-refractivity contribution in [3.63, 3.8) is 0 Å². The van der Waals surface area contributed by atoms with Crippen LogP contribution in [0.1, 0.15) is 45.2 Å². The molecule has 1 atom stereocenters. The van der Waals surface area contributed by atoms with Gasteiger partial charge in [-0.25, -0.2) is 9.18 Å². The molecule has 0 saturated carbocycles. The van der Waals surface area contributed by atoms with Gasteiger partial charge in [0.1, 0.15) is 11.4 Å². The summed E-state index contributed by atoms with van der Waals surface area (Å²) in [6.45, 7) is 5.20. The highest BCUT2D eigenvalue weighted by Gasteiger charge is 2.21. The van der Waals surface area contributed by atoms with Crippen LogP contribution in [-0.4, -0.2) is 22.8 Å². The van der Waals surface area contributed by atoms with Gasteiger partial charge in [-0.1, -0.05) is 12.1 Å². The van der Waals surface area contributed by atoms with Gasteiger partial charge in [-0.2, -0.15) is 0 Å². The maximum absolute atomic E-state index is 12.9. The van der Waals surface area contributed by atoms with Gasteiger partial charge in [0.25, 0.3) is 0 Å². The molecule has 0 saturated heterocycles. The maximum Gasteiger partial charge on any atom is 0.408 e. The fourth-order valence-corrected chi connectivity index (χ4v) is 1.73. The summed E-state index contributed by atoms with van der Waals surface area (Å²) in [5.41, 5.74) is -0.0203. The molecule has 116 valence electrons. The van der Waals surface area contributed by atoms with E-state index in [-0.39, 0.29) is 12.8 Å². The molecule has 0 bridgehead atoms. The van der Waals surface area contributed by atoms with Gasteiger partial charge in [-0.3, -0.25) is 4.79 Å². The molecule has 0 unspecified atom stereocenters. The van der Waals surface area contributed by atoms with Gasteiger partial charge in [-0.15, -0.1) is 0 Å². The predicted octanol–water partition coefficient (Wildman–Crippen LogP) is 3.26. The van der Waals surface area contributed by atoms with Gasteiger partial charge in [0.2, 0.25) is 0 Å². The monoisotopic (exact) mass is 297 g/mol. The molecule has 0 aliphatic rings. The maximum atomic E-state index is 12.9. The second kappa shape index (κ2) is 7.06. The average Bonchev–Trinajstić information content (AvgIpc) is 2.33. The molecule has 2 N–H and O–H groups in total. The van der Waals surface area contributed by atoms with Gasteiger partial charge in [0, 0.05) is 6.42 Å². The third-order valence-corrected chi connectivity index (χ3v) is 2.61. The lowest BCUT2D eigenvalue weighted by molar-refractivity contribution is -0.137. The Morgan fingerprint density at radius 2 is 1.86 bits per heavy atom. The van der Waals surface area contributed by atoms with Crippen LogP contribution in [0.25, 0.3) is 0 Å². The molecular formula is C15H20FNO4. The molecule has 0 heterocycles. The first-order valence-corrected chi connectivity index (χ1v) is 6.64. The van der Waals surface area contributed by atoms with E-state index < -0.39 is 29.5 Å². The van der Waals surface area contributed by atoms with Crippen molar-refractivity contribution >= 4 is 12.1 Å². The van der Waals surface area contributed by atoms with Crippen LogP contribution < -0.4 is 5.32 Å². The lowest BCUT2D eigenvalue weighted by Crippen LogP contribution is -2.35. The molecule has 1 aromatic rings. The van der Waals surface area contributed by atoms with Crippen molar-refractivity contribution in [1.82, 2.24) is 5.32 Å². The number of halogens is 1. The molecule has 1 aromatic carbocycles. The summed E-state index contributed by atoms with van der Waals surface area (Å²) in [5.74, 6) is -1.36. The highest BCUT2D eigenvalue weighted by Crippen LogP contribution is 2.20. The van der Waals surface area contributed by atoms with E-state index in [1.165, 1.54) is 24.3 Å². The number of ether oxygens (including phenoxy) is 1. The van der Waals surface area contributed by atoms with Crippen LogP contribution in [0.4, 0.5) is 9.18 Å². The van der Waals surface area contributed by atoms with E-state index in [4.69, 9.17) is 9.84 Å². The van der Waals surface area contributed by atoms with Crippen LogP contribution >= 0.6 is 0 Å². The zero-order valence-electron chi connectivity index (χ0n) is 12.4. The van der Waals surface area contributed by atoms with Gasteiger partial charge in [-0.05, 0) is 44.9 Å². The van der Waals surface area contributed by atoms with Crippen molar-refractivity contribution < 1.29 is 23.8 Å². The molecule has 21 heavy (non-hydrogen) atoms. The number of carbonyl (C=O) groups is 2. The van der Waals surface area contributed by atoms with Crippen LogP contribution in [0.15, 0.2) is 24.3 Å². The summed E-state index contributed by atoms with van der Waals surface area (Å²) in [5, 5.41) is 11.4. The minimum Gasteiger partial charge on any atom is -0.481 e. The van der Waals surface area contributed by atoms with Crippen molar-refractivity contribution in [3.05, 3.63) is 35.6 Å². The first-order valence-electron chi connectivity index (χ1n) is 6.64. The van der Waals surface area contributed by atoms with E-state index >= 15 is 0 Å². The van der Waals surface area contributed by atoms with E-state index in [1.54, 1.807) is 20.8 Å². The lowest BCUT2D eigenvalue weighted by Gasteiger charge is -2.23. The Hall–Kier alpha value is -2.11. The number of rotatable bonds is 5. The van der Waals surface area contributed by atoms with Crippen LogP contribution in [0.2, 0.25) is 0 Å². The number of hydrogen-bond acceptors (Lipinski definition) is 3. The fourth-order valence-electron chi connectivity index (χ4n) is 1.73. The largest absolute Gasteiger partial charge is 0.481 e. The summed E-state index contributed by atoms with van der Waals surface area (Å²) >= 11 is 0. The molecule has 0 radical (unpaired) electrons. The van der Waals surface area contributed by atoms with E-state index in [0.29, 0.717) is 5.56 Å². The van der Waals surface area contributed by atoms with E-state index in [9.17, 15) is 14.0 Å². The molecule has 0 aromatic heterocycles. The summed E-state index contributed by atoms with van der Waals surface area (Å²) in [6.07, 6.45) is -0.555. The number of carboxylic acid groups (broad SMARTS) is 1. The van der Waals surface area contributed by atoms with Crippen molar-refractivity contribution in [3.8, 4) is 0 Å². The number of carbonyl (C=O) groups excluding carboxylic acids is 1. The Balaban J connectivity index is 2.79. The zero-order valence-corrected chi connectivity index (χ0v) is 12.4. The fraction of sp³-hybridized carbons (Fsp3) is 0.467. The lowest BCUT2D eigenvalue weighted by atomic mass is 10.0. The van der Waals surface area contributed by atoms with Gasteiger partial charge in [0.15, 0.2) is 0 Å². The van der Waals surface area contributed by atoms with Crippen LogP contribution in [-0.2, 0) is 9.53 Å². The quantitative estimate of drug-likeness (QED) is 0.874. The van der Waals surface area contributed by atoms with Crippen molar-refractivity contribution in [2.24, 2.45) is 0 Å². The Bertz CT molecular complexity index is 493. The molecule has 5 nitrogen and oxygen atoms in total. The van der Waals surface area contributed by atoms with Crippen LogP contribution in [0.5, 0.6) is 0 Å². The number of aliphatic carboxylic acids is 1. The second-order valence-electron chi connectivity index (χ2n) is 5.68. The summed E-state index contributed by atoms with van der Waals surface area (Å²) in [4.78, 5) is 22.5. The molecule has 0 aliphatic heterocycles. The molecular weight excluding hydrogens is 277 g/mol. The third kappa shape index (κ3) is 6.74. The number of benzene rings is 1. The first kappa shape index (κ1) is 16.9. The first-order chi connectivity index (χ1) is 9.67. The molecule has 1 amide bonds. The van der Waals surface area contributed by atoms with E-state index in [2.05, 4.69) is 5.32 Å². The Labute approximate surface area is 123 Å². The number of hydrogen-bond donors (Lipinski definition) is 2. The Morgan fingerprint density at radius 3 is 2.33 bits per heavy atom. The minimum absolute atomic E-state index is 0.113. The molecule has 0 fully saturated rings. The number of carboxylic acids is 1. The Morgan fingerprint density at radius 1 is 1.29 bits per heavy atom. The standard InChI is InChI=1S/C15H20FNO4/c1-15(2,3)21-14(20)17-12(8-9-13(18)19)10-4-6-11(16)7-5-10/h4-7,12H,8-9H2,1-3H3,(H,17,20)(H,18,19)/t12-/m0/s1. The van der Waals surface area contributed by atoms with E-state index in [0.717, 1.165) is 0 Å². The average molecular weight is 297 g/mol. The second-order valence-corrected chi connectivity index (χ2v) is 5.68. The number of nitrogens with one attached hydrogen (secondary N) is 1. The van der Waals surface area contributed by atoms with Crippen LogP contribution in [0.3, 0.4) is 0 Å². The van der Waals surface area contributed by atoms with Gasteiger partial charge >= 0.3 is 12.1 Å². The Kier molecular flexibility index (Phi) is 5.69. The predicted molar refractivity (Wildman–Crippen MR) is 75.4 cm³/mol. The van der Waals surface area contributed by atoms with Crippen molar-refractivity contribution in [1.29, 1.82) is 0 Å². The minimum atomic E-state index is -0.965. The molecule has 6 heteroatoms. The summed E-state index contributed by atoms with van der Waals surface area (Å²) < 4.78 is 18.1. The normalized spacial score (nSPS) is 12.6. The zero-order chi connectivity index (χ0) is 16.0. The molecule has 0 aliphatic carbocycles. The number of alkyl carbamates (subject to hydrolysis) is 1. The SMILES string of the molecule is CC(C)(C)OC(=O)N[C@@H](CCC(=O)O)c1ccc(F)cc1. The van der Waals surface area contributed by atoms with Gasteiger partial charge in [0.05, 0.1) is 6.04 Å². The topological polar surface area (TPSA) is 75.6 Å². The molecule has 0 spiro atoms.